The highest BCUT2D eigenvalue weighted by atomic mass is 14.6. The first kappa shape index (κ1) is 9.34. The number of rotatable bonds is 0. The summed E-state index contributed by atoms with van der Waals surface area (Å²) in [6.07, 6.45) is 1.92. The SMILES string of the molecule is Cc1ccc2cc3ncc(C)cc3cc2c1. The second kappa shape index (κ2) is 3.31. The number of fused-ring (bicyclic) bond motifs is 2. The van der Waals surface area contributed by atoms with E-state index < -0.39 is 0 Å². The van der Waals surface area contributed by atoms with Gasteiger partial charge in [0, 0.05) is 11.6 Å². The van der Waals surface area contributed by atoms with E-state index in [1.807, 2.05) is 6.20 Å². The Morgan fingerprint density at radius 2 is 1.56 bits per heavy atom. The van der Waals surface area contributed by atoms with Crippen molar-refractivity contribution in [1.29, 1.82) is 0 Å². The fourth-order valence-electron chi connectivity index (χ4n) is 2.10. The number of nitrogens with zero attached hydrogens (tertiary/aromatic N) is 1. The molecule has 0 fully saturated rings. The van der Waals surface area contributed by atoms with E-state index in [2.05, 4.69) is 55.2 Å². The summed E-state index contributed by atoms with van der Waals surface area (Å²) in [7, 11) is 0. The number of pyridine rings is 1. The van der Waals surface area contributed by atoms with E-state index >= 15 is 0 Å². The molecule has 0 spiro atoms. The van der Waals surface area contributed by atoms with Gasteiger partial charge in [-0.15, -0.1) is 0 Å². The maximum atomic E-state index is 4.45. The standard InChI is InChI=1S/C15H13N/c1-10-3-4-12-8-15-14(7-13(12)5-10)6-11(2)9-16-15/h3-9H,1-2H3. The van der Waals surface area contributed by atoms with Crippen LogP contribution in [0.3, 0.4) is 0 Å². The third-order valence-corrected chi connectivity index (χ3v) is 2.93. The molecule has 2 aromatic carbocycles. The molecule has 0 radical (unpaired) electrons. The normalized spacial score (nSPS) is 11.1. The van der Waals surface area contributed by atoms with Crippen molar-refractivity contribution in [2.24, 2.45) is 0 Å². The van der Waals surface area contributed by atoms with E-state index in [-0.39, 0.29) is 0 Å². The third-order valence-electron chi connectivity index (χ3n) is 2.93. The van der Waals surface area contributed by atoms with Crippen LogP contribution in [0.15, 0.2) is 42.6 Å². The number of aromatic nitrogens is 1. The van der Waals surface area contributed by atoms with Crippen LogP contribution in [0.2, 0.25) is 0 Å². The summed E-state index contributed by atoms with van der Waals surface area (Å²) in [6, 6.07) is 13.1. The Bertz CT molecular complexity index is 626. The number of benzene rings is 2. The van der Waals surface area contributed by atoms with E-state index in [1.165, 1.54) is 27.3 Å². The van der Waals surface area contributed by atoms with Gasteiger partial charge in [0.25, 0.3) is 0 Å². The van der Waals surface area contributed by atoms with Gasteiger partial charge in [0.2, 0.25) is 0 Å². The Labute approximate surface area is 94.7 Å². The molecule has 0 bridgehead atoms. The van der Waals surface area contributed by atoms with E-state index in [4.69, 9.17) is 0 Å². The number of hydrogen-bond acceptors (Lipinski definition) is 1. The second-order valence-electron chi connectivity index (χ2n) is 4.41. The molecule has 78 valence electrons. The zero-order chi connectivity index (χ0) is 11.1. The topological polar surface area (TPSA) is 12.9 Å². The van der Waals surface area contributed by atoms with Gasteiger partial charge in [0.15, 0.2) is 0 Å². The summed E-state index contributed by atoms with van der Waals surface area (Å²) >= 11 is 0. The van der Waals surface area contributed by atoms with Crippen LogP contribution in [-0.2, 0) is 0 Å². The molecule has 1 aromatic heterocycles. The molecule has 16 heavy (non-hydrogen) atoms. The Morgan fingerprint density at radius 1 is 0.750 bits per heavy atom. The molecule has 0 unspecified atom stereocenters. The molecule has 0 aliphatic rings. The van der Waals surface area contributed by atoms with Crippen molar-refractivity contribution in [2.45, 2.75) is 13.8 Å². The van der Waals surface area contributed by atoms with Gasteiger partial charge in [0.05, 0.1) is 5.52 Å². The maximum absolute atomic E-state index is 4.45. The molecule has 1 heteroatoms. The number of aryl methyl sites for hydroxylation is 2. The van der Waals surface area contributed by atoms with Crippen LogP contribution in [0.4, 0.5) is 0 Å². The Balaban J connectivity index is 2.44. The fraction of sp³-hybridized carbons (Fsp3) is 0.133. The van der Waals surface area contributed by atoms with Crippen molar-refractivity contribution in [3.05, 3.63) is 53.7 Å². The van der Waals surface area contributed by atoms with E-state index in [0.29, 0.717) is 0 Å². The Morgan fingerprint density at radius 3 is 2.44 bits per heavy atom. The molecule has 0 atom stereocenters. The molecule has 0 aliphatic heterocycles. The van der Waals surface area contributed by atoms with Crippen molar-refractivity contribution in [3.63, 3.8) is 0 Å². The van der Waals surface area contributed by atoms with E-state index in [0.717, 1.165) is 5.52 Å². The van der Waals surface area contributed by atoms with Gasteiger partial charge in [-0.3, -0.25) is 4.98 Å². The van der Waals surface area contributed by atoms with Crippen LogP contribution in [0.5, 0.6) is 0 Å². The van der Waals surface area contributed by atoms with Gasteiger partial charge in [-0.1, -0.05) is 23.8 Å². The lowest BCUT2D eigenvalue weighted by molar-refractivity contribution is 1.34. The lowest BCUT2D eigenvalue weighted by Gasteiger charge is -2.03. The van der Waals surface area contributed by atoms with Gasteiger partial charge >= 0.3 is 0 Å². The van der Waals surface area contributed by atoms with Crippen LogP contribution < -0.4 is 0 Å². The molecule has 0 amide bonds. The molecule has 3 aromatic rings. The van der Waals surface area contributed by atoms with Gasteiger partial charge < -0.3 is 0 Å². The summed E-state index contributed by atoms with van der Waals surface area (Å²) in [6.45, 7) is 4.20. The van der Waals surface area contributed by atoms with Crippen LogP contribution >= 0.6 is 0 Å². The Kier molecular flexibility index (Phi) is 1.93. The highest BCUT2D eigenvalue weighted by Crippen LogP contribution is 2.22. The summed E-state index contributed by atoms with van der Waals surface area (Å²) < 4.78 is 0. The van der Waals surface area contributed by atoms with Gasteiger partial charge in [-0.2, -0.15) is 0 Å². The summed E-state index contributed by atoms with van der Waals surface area (Å²) in [5, 5.41) is 3.77. The minimum Gasteiger partial charge on any atom is -0.256 e. The largest absolute Gasteiger partial charge is 0.256 e. The summed E-state index contributed by atoms with van der Waals surface area (Å²) in [5.74, 6) is 0. The van der Waals surface area contributed by atoms with Crippen LogP contribution in [0, 0.1) is 13.8 Å². The molecular formula is C15H13N. The minimum absolute atomic E-state index is 1.07. The lowest BCUT2D eigenvalue weighted by atomic mass is 10.0. The minimum atomic E-state index is 1.07. The van der Waals surface area contributed by atoms with Gasteiger partial charge in [-0.05, 0) is 48.4 Å². The quantitative estimate of drug-likeness (QED) is 0.508. The molecule has 0 aliphatic carbocycles. The zero-order valence-corrected chi connectivity index (χ0v) is 9.49. The summed E-state index contributed by atoms with van der Waals surface area (Å²) in [5.41, 5.74) is 3.58. The lowest BCUT2D eigenvalue weighted by Crippen LogP contribution is -1.82. The third kappa shape index (κ3) is 1.45. The molecular weight excluding hydrogens is 194 g/mol. The van der Waals surface area contributed by atoms with Crippen molar-refractivity contribution in [3.8, 4) is 0 Å². The first-order chi connectivity index (χ1) is 7.72. The fourth-order valence-corrected chi connectivity index (χ4v) is 2.10. The van der Waals surface area contributed by atoms with E-state index in [9.17, 15) is 0 Å². The maximum Gasteiger partial charge on any atom is 0.0708 e. The van der Waals surface area contributed by atoms with Crippen molar-refractivity contribution < 1.29 is 0 Å². The first-order valence-electron chi connectivity index (χ1n) is 5.49. The van der Waals surface area contributed by atoms with E-state index in [1.54, 1.807) is 0 Å². The molecule has 0 saturated carbocycles. The van der Waals surface area contributed by atoms with Crippen molar-refractivity contribution in [1.82, 2.24) is 4.98 Å². The molecule has 1 heterocycles. The predicted octanol–water partition coefficient (Wildman–Crippen LogP) is 4.00. The van der Waals surface area contributed by atoms with Crippen LogP contribution in [0.1, 0.15) is 11.1 Å². The average Bonchev–Trinajstić information content (AvgIpc) is 2.26. The molecule has 1 nitrogen and oxygen atoms in total. The van der Waals surface area contributed by atoms with Crippen molar-refractivity contribution in [2.75, 3.05) is 0 Å². The highest BCUT2D eigenvalue weighted by Gasteiger charge is 1.99. The Hall–Kier alpha value is -1.89. The van der Waals surface area contributed by atoms with Crippen LogP contribution in [0.25, 0.3) is 21.7 Å². The first-order valence-corrected chi connectivity index (χ1v) is 5.49. The average molecular weight is 207 g/mol. The number of hydrogen-bond donors (Lipinski definition) is 0. The van der Waals surface area contributed by atoms with Gasteiger partial charge in [-0.25, -0.2) is 0 Å². The second-order valence-corrected chi connectivity index (χ2v) is 4.41. The zero-order valence-electron chi connectivity index (χ0n) is 9.49. The molecule has 0 N–H and O–H groups in total. The molecule has 3 rings (SSSR count). The predicted molar refractivity (Wildman–Crippen MR) is 68.7 cm³/mol. The van der Waals surface area contributed by atoms with Crippen molar-refractivity contribution >= 4 is 21.7 Å². The molecule has 0 saturated heterocycles. The highest BCUT2D eigenvalue weighted by molar-refractivity contribution is 5.96. The summed E-state index contributed by atoms with van der Waals surface area (Å²) in [4.78, 5) is 4.45. The smallest absolute Gasteiger partial charge is 0.0708 e. The van der Waals surface area contributed by atoms with Crippen LogP contribution in [-0.4, -0.2) is 4.98 Å². The monoisotopic (exact) mass is 207 g/mol. The van der Waals surface area contributed by atoms with Gasteiger partial charge in [0.1, 0.15) is 0 Å².